The normalized spacial score (nSPS) is 10.9. The lowest BCUT2D eigenvalue weighted by molar-refractivity contribution is 0.573. The second-order valence-electron chi connectivity index (χ2n) is 4.23. The number of nitrogens with one attached hydrogen (secondary N) is 1. The molecule has 0 aliphatic heterocycles. The first-order valence-electron chi connectivity index (χ1n) is 6.36. The van der Waals surface area contributed by atoms with Crippen LogP contribution in [-0.4, -0.2) is 31.1 Å². The van der Waals surface area contributed by atoms with Crippen LogP contribution in [0, 0.1) is 11.8 Å². The van der Waals surface area contributed by atoms with Crippen LogP contribution in [0.15, 0.2) is 47.9 Å². The summed E-state index contributed by atoms with van der Waals surface area (Å²) in [7, 11) is -3.54. The molecule has 0 aliphatic rings. The van der Waals surface area contributed by atoms with Crippen molar-refractivity contribution < 1.29 is 8.42 Å². The summed E-state index contributed by atoms with van der Waals surface area (Å²) in [6, 6.07) is 6.47. The van der Waals surface area contributed by atoms with E-state index >= 15 is 0 Å². The minimum Gasteiger partial charge on any atom is -0.336 e. The standard InChI is InChI=1S/C14H16N4O2S/c15-6-2-4-13-3-1-5-14(11-13)21(19,20)17-8-10-18-9-7-16-12-18/h1,3,5,7,9,11-12,17H,6,8,10,15H2. The lowest BCUT2D eigenvalue weighted by Gasteiger charge is -2.07. The molecule has 7 heteroatoms. The molecule has 0 radical (unpaired) electrons. The van der Waals surface area contributed by atoms with E-state index in [1.54, 1.807) is 35.4 Å². The molecular formula is C14H16N4O2S. The highest BCUT2D eigenvalue weighted by atomic mass is 32.2. The van der Waals surface area contributed by atoms with Gasteiger partial charge in [-0.2, -0.15) is 0 Å². The fourth-order valence-electron chi connectivity index (χ4n) is 1.71. The zero-order chi connectivity index (χ0) is 15.1. The molecule has 0 amide bonds. The van der Waals surface area contributed by atoms with E-state index in [2.05, 4.69) is 21.5 Å². The molecule has 1 heterocycles. The molecule has 0 saturated carbocycles. The van der Waals surface area contributed by atoms with Crippen LogP contribution in [0.5, 0.6) is 0 Å². The van der Waals surface area contributed by atoms with E-state index in [1.807, 2.05) is 0 Å². The third kappa shape index (κ3) is 4.43. The minimum absolute atomic E-state index is 0.192. The maximum absolute atomic E-state index is 12.2. The molecule has 1 aromatic carbocycles. The molecule has 0 saturated heterocycles. The molecule has 0 unspecified atom stereocenters. The fourth-order valence-corrected chi connectivity index (χ4v) is 2.77. The number of hydrogen-bond donors (Lipinski definition) is 2. The third-order valence-electron chi connectivity index (χ3n) is 2.70. The Morgan fingerprint density at radius 2 is 2.24 bits per heavy atom. The Kier molecular flexibility index (Phi) is 5.11. The molecule has 0 atom stereocenters. The van der Waals surface area contributed by atoms with Crippen molar-refractivity contribution in [1.29, 1.82) is 0 Å². The third-order valence-corrected chi connectivity index (χ3v) is 4.16. The Bertz CT molecular complexity index is 743. The van der Waals surface area contributed by atoms with E-state index in [0.717, 1.165) is 0 Å². The van der Waals surface area contributed by atoms with Crippen molar-refractivity contribution in [2.45, 2.75) is 11.4 Å². The molecule has 2 rings (SSSR count). The molecule has 0 aliphatic carbocycles. The molecule has 6 nitrogen and oxygen atoms in total. The van der Waals surface area contributed by atoms with Crippen LogP contribution in [0.2, 0.25) is 0 Å². The monoisotopic (exact) mass is 304 g/mol. The molecule has 0 spiro atoms. The van der Waals surface area contributed by atoms with Crippen molar-refractivity contribution in [2.24, 2.45) is 5.73 Å². The average molecular weight is 304 g/mol. The van der Waals surface area contributed by atoms with Crippen LogP contribution in [0.1, 0.15) is 5.56 Å². The van der Waals surface area contributed by atoms with E-state index < -0.39 is 10.0 Å². The number of benzene rings is 1. The first-order valence-corrected chi connectivity index (χ1v) is 7.84. The Hall–Kier alpha value is -2.14. The van der Waals surface area contributed by atoms with E-state index in [9.17, 15) is 8.42 Å². The van der Waals surface area contributed by atoms with Crippen molar-refractivity contribution in [3.63, 3.8) is 0 Å². The Labute approximate surface area is 124 Å². The van der Waals surface area contributed by atoms with Gasteiger partial charge in [-0.3, -0.25) is 0 Å². The van der Waals surface area contributed by atoms with Gasteiger partial charge in [0.25, 0.3) is 0 Å². The summed E-state index contributed by atoms with van der Waals surface area (Å²) < 4.78 is 28.7. The Balaban J connectivity index is 2.04. The van der Waals surface area contributed by atoms with Crippen molar-refractivity contribution in [3.05, 3.63) is 48.5 Å². The van der Waals surface area contributed by atoms with Gasteiger partial charge in [0.1, 0.15) is 0 Å². The number of aromatic nitrogens is 2. The average Bonchev–Trinajstić information content (AvgIpc) is 2.98. The summed E-state index contributed by atoms with van der Waals surface area (Å²) in [5.74, 6) is 5.51. The largest absolute Gasteiger partial charge is 0.336 e. The van der Waals surface area contributed by atoms with E-state index in [1.165, 1.54) is 12.1 Å². The van der Waals surface area contributed by atoms with Gasteiger partial charge in [0.15, 0.2) is 0 Å². The first kappa shape index (κ1) is 15.3. The molecule has 21 heavy (non-hydrogen) atoms. The number of sulfonamides is 1. The highest BCUT2D eigenvalue weighted by Gasteiger charge is 2.13. The highest BCUT2D eigenvalue weighted by Crippen LogP contribution is 2.10. The summed E-state index contributed by atoms with van der Waals surface area (Å²) in [6.07, 6.45) is 5.06. The Morgan fingerprint density at radius 3 is 2.95 bits per heavy atom. The van der Waals surface area contributed by atoms with E-state index in [4.69, 9.17) is 5.73 Å². The van der Waals surface area contributed by atoms with Gasteiger partial charge in [0.2, 0.25) is 10.0 Å². The van der Waals surface area contributed by atoms with Crippen molar-refractivity contribution in [1.82, 2.24) is 14.3 Å². The molecule has 110 valence electrons. The van der Waals surface area contributed by atoms with Gasteiger partial charge < -0.3 is 10.3 Å². The van der Waals surface area contributed by atoms with Gasteiger partial charge in [-0.05, 0) is 18.2 Å². The Morgan fingerprint density at radius 1 is 1.38 bits per heavy atom. The van der Waals surface area contributed by atoms with Gasteiger partial charge in [-0.1, -0.05) is 17.9 Å². The zero-order valence-electron chi connectivity index (χ0n) is 11.4. The van der Waals surface area contributed by atoms with Gasteiger partial charge >= 0.3 is 0 Å². The van der Waals surface area contributed by atoms with Crippen molar-refractivity contribution >= 4 is 10.0 Å². The number of rotatable bonds is 5. The lowest BCUT2D eigenvalue weighted by atomic mass is 10.2. The molecule has 0 fully saturated rings. The smallest absolute Gasteiger partial charge is 0.240 e. The number of imidazole rings is 1. The molecular weight excluding hydrogens is 288 g/mol. The summed E-state index contributed by atoms with van der Waals surface area (Å²) in [4.78, 5) is 4.09. The van der Waals surface area contributed by atoms with E-state index in [0.29, 0.717) is 12.1 Å². The van der Waals surface area contributed by atoms with Crippen LogP contribution in [0.25, 0.3) is 0 Å². The zero-order valence-corrected chi connectivity index (χ0v) is 12.2. The predicted octanol–water partition coefficient (Wildman–Crippen LogP) is 0.172. The SMILES string of the molecule is NCC#Cc1cccc(S(=O)(=O)NCCn2ccnc2)c1. The number of nitrogens with zero attached hydrogens (tertiary/aromatic N) is 2. The highest BCUT2D eigenvalue weighted by molar-refractivity contribution is 7.89. The maximum Gasteiger partial charge on any atom is 0.240 e. The molecule has 0 bridgehead atoms. The van der Waals surface area contributed by atoms with Crippen molar-refractivity contribution in [2.75, 3.05) is 13.1 Å². The van der Waals surface area contributed by atoms with Gasteiger partial charge in [0.05, 0.1) is 17.8 Å². The van der Waals surface area contributed by atoms with Crippen molar-refractivity contribution in [3.8, 4) is 11.8 Å². The minimum atomic E-state index is -3.54. The number of nitrogens with two attached hydrogens (primary N) is 1. The summed E-state index contributed by atoms with van der Waals surface area (Å²) in [6.45, 7) is 1.05. The number of hydrogen-bond acceptors (Lipinski definition) is 4. The molecule has 1 aromatic heterocycles. The second-order valence-corrected chi connectivity index (χ2v) is 6.00. The lowest BCUT2D eigenvalue weighted by Crippen LogP contribution is -2.27. The van der Waals surface area contributed by atoms with Gasteiger partial charge in [-0.25, -0.2) is 18.1 Å². The van der Waals surface area contributed by atoms with Crippen LogP contribution in [-0.2, 0) is 16.6 Å². The summed E-state index contributed by atoms with van der Waals surface area (Å²) >= 11 is 0. The van der Waals surface area contributed by atoms with Crippen LogP contribution < -0.4 is 10.5 Å². The van der Waals surface area contributed by atoms with Crippen LogP contribution in [0.4, 0.5) is 0 Å². The second kappa shape index (κ2) is 7.04. The summed E-state index contributed by atoms with van der Waals surface area (Å²) in [5, 5.41) is 0. The van der Waals surface area contributed by atoms with Gasteiger partial charge in [0, 0.05) is 31.0 Å². The fraction of sp³-hybridized carbons (Fsp3) is 0.214. The van der Waals surface area contributed by atoms with Crippen LogP contribution >= 0.6 is 0 Å². The first-order chi connectivity index (χ1) is 10.1. The molecule has 2 aromatic rings. The van der Waals surface area contributed by atoms with Gasteiger partial charge in [-0.15, -0.1) is 0 Å². The van der Waals surface area contributed by atoms with Crippen LogP contribution in [0.3, 0.4) is 0 Å². The molecule has 3 N–H and O–H groups in total. The topological polar surface area (TPSA) is 90.0 Å². The predicted molar refractivity (Wildman–Crippen MR) is 79.8 cm³/mol. The van der Waals surface area contributed by atoms with E-state index in [-0.39, 0.29) is 18.0 Å². The summed E-state index contributed by atoms with van der Waals surface area (Å²) in [5.41, 5.74) is 5.92. The maximum atomic E-state index is 12.2. The quantitative estimate of drug-likeness (QED) is 0.771.